The van der Waals surface area contributed by atoms with E-state index in [2.05, 4.69) is 0 Å². The molecule has 0 spiro atoms. The standard InChI is InChI=1S/C17H14ClNO2/c1-9-8-14(18)12-6-4-5-7-13(12)15(9)19-16(20)10(2)11(3)17(19)21/h4-8H,1-3H3. The van der Waals surface area contributed by atoms with Crippen molar-refractivity contribution in [2.45, 2.75) is 20.8 Å². The number of nitrogens with zero attached hydrogens (tertiary/aromatic N) is 1. The molecule has 0 unspecified atom stereocenters. The van der Waals surface area contributed by atoms with Crippen LogP contribution in [0, 0.1) is 6.92 Å². The lowest BCUT2D eigenvalue weighted by Gasteiger charge is -2.20. The second kappa shape index (κ2) is 4.71. The highest BCUT2D eigenvalue weighted by Gasteiger charge is 2.36. The predicted octanol–water partition coefficient (Wildman–Crippen LogP) is 4.01. The molecule has 0 fully saturated rings. The van der Waals surface area contributed by atoms with Crippen molar-refractivity contribution in [3.05, 3.63) is 52.1 Å². The van der Waals surface area contributed by atoms with Crippen molar-refractivity contribution in [1.29, 1.82) is 0 Å². The quantitative estimate of drug-likeness (QED) is 0.746. The molecule has 1 heterocycles. The molecule has 4 heteroatoms. The summed E-state index contributed by atoms with van der Waals surface area (Å²) in [4.78, 5) is 26.1. The van der Waals surface area contributed by atoms with Crippen LogP contribution in [0.1, 0.15) is 19.4 Å². The van der Waals surface area contributed by atoms with Gasteiger partial charge in [0, 0.05) is 26.9 Å². The number of amides is 2. The van der Waals surface area contributed by atoms with Crippen molar-refractivity contribution in [3.8, 4) is 0 Å². The van der Waals surface area contributed by atoms with Crippen molar-refractivity contribution in [1.82, 2.24) is 0 Å². The summed E-state index contributed by atoms with van der Waals surface area (Å²) in [5.74, 6) is -0.513. The SMILES string of the molecule is CC1=C(C)C(=O)N(c2c(C)cc(Cl)c3ccccc23)C1=O. The Morgan fingerprint density at radius 1 is 0.905 bits per heavy atom. The first-order valence-corrected chi connectivity index (χ1v) is 7.05. The van der Waals surface area contributed by atoms with Gasteiger partial charge in [0.2, 0.25) is 0 Å². The molecule has 0 N–H and O–H groups in total. The second-order valence-corrected chi connectivity index (χ2v) is 5.67. The van der Waals surface area contributed by atoms with Gasteiger partial charge in [0.1, 0.15) is 0 Å². The van der Waals surface area contributed by atoms with Crippen LogP contribution in [0.4, 0.5) is 5.69 Å². The van der Waals surface area contributed by atoms with E-state index in [9.17, 15) is 9.59 Å². The summed E-state index contributed by atoms with van der Waals surface area (Å²) in [5, 5.41) is 2.27. The molecule has 0 radical (unpaired) electrons. The molecule has 0 saturated carbocycles. The maximum atomic E-state index is 12.4. The smallest absolute Gasteiger partial charge is 0.261 e. The van der Waals surface area contributed by atoms with Gasteiger partial charge in [0.25, 0.3) is 11.8 Å². The van der Waals surface area contributed by atoms with Gasteiger partial charge in [-0.25, -0.2) is 4.90 Å². The summed E-state index contributed by atoms with van der Waals surface area (Å²) < 4.78 is 0. The summed E-state index contributed by atoms with van der Waals surface area (Å²) in [6.07, 6.45) is 0. The molecule has 1 aliphatic heterocycles. The number of benzene rings is 2. The summed E-state index contributed by atoms with van der Waals surface area (Å²) in [6, 6.07) is 9.32. The number of hydrogen-bond donors (Lipinski definition) is 0. The van der Waals surface area contributed by atoms with E-state index in [0.717, 1.165) is 16.3 Å². The number of carbonyl (C=O) groups excluding carboxylic acids is 2. The molecule has 3 rings (SSSR count). The Hall–Kier alpha value is -2.13. The molecule has 21 heavy (non-hydrogen) atoms. The minimum Gasteiger partial charge on any atom is -0.269 e. The third-order valence-electron chi connectivity index (χ3n) is 3.99. The van der Waals surface area contributed by atoms with Crippen LogP contribution >= 0.6 is 11.6 Å². The summed E-state index contributed by atoms with van der Waals surface area (Å²) >= 11 is 6.27. The molecular formula is C17H14ClNO2. The van der Waals surface area contributed by atoms with Crippen LogP contribution in [0.5, 0.6) is 0 Å². The molecule has 0 aromatic heterocycles. The highest BCUT2D eigenvalue weighted by molar-refractivity contribution is 6.38. The van der Waals surface area contributed by atoms with Crippen LogP contribution in [0.15, 0.2) is 41.5 Å². The number of rotatable bonds is 1. The normalized spacial score (nSPS) is 15.5. The Bertz CT molecular complexity index is 812. The largest absolute Gasteiger partial charge is 0.269 e. The van der Waals surface area contributed by atoms with Crippen LogP contribution in [-0.4, -0.2) is 11.8 Å². The molecule has 1 aliphatic rings. The Labute approximate surface area is 127 Å². The predicted molar refractivity (Wildman–Crippen MR) is 84.6 cm³/mol. The highest BCUT2D eigenvalue weighted by Crippen LogP contribution is 2.38. The first-order valence-electron chi connectivity index (χ1n) is 6.67. The van der Waals surface area contributed by atoms with Crippen molar-refractivity contribution < 1.29 is 9.59 Å². The van der Waals surface area contributed by atoms with Crippen molar-refractivity contribution in [2.24, 2.45) is 0 Å². The molecule has 0 bridgehead atoms. The van der Waals surface area contributed by atoms with Gasteiger partial charge in [-0.05, 0) is 32.4 Å². The van der Waals surface area contributed by atoms with E-state index in [4.69, 9.17) is 11.6 Å². The maximum Gasteiger partial charge on any atom is 0.261 e. The fourth-order valence-electron chi connectivity index (χ4n) is 2.69. The van der Waals surface area contributed by atoms with E-state index in [1.54, 1.807) is 19.9 Å². The molecule has 2 aromatic rings. The molecule has 3 nitrogen and oxygen atoms in total. The van der Waals surface area contributed by atoms with Gasteiger partial charge in [-0.1, -0.05) is 35.9 Å². The number of hydrogen-bond acceptors (Lipinski definition) is 2. The Kier molecular flexibility index (Phi) is 3.10. The monoisotopic (exact) mass is 299 g/mol. The van der Waals surface area contributed by atoms with Crippen LogP contribution in [0.25, 0.3) is 10.8 Å². The topological polar surface area (TPSA) is 37.4 Å². The fourth-order valence-corrected chi connectivity index (χ4v) is 3.02. The van der Waals surface area contributed by atoms with Crippen molar-refractivity contribution in [3.63, 3.8) is 0 Å². The van der Waals surface area contributed by atoms with Gasteiger partial charge >= 0.3 is 0 Å². The zero-order valence-corrected chi connectivity index (χ0v) is 12.8. The van der Waals surface area contributed by atoms with E-state index < -0.39 is 0 Å². The lowest BCUT2D eigenvalue weighted by atomic mass is 10.0. The Morgan fingerprint density at radius 2 is 1.43 bits per heavy atom. The maximum absolute atomic E-state index is 12.4. The van der Waals surface area contributed by atoms with E-state index in [1.165, 1.54) is 4.90 Å². The second-order valence-electron chi connectivity index (χ2n) is 5.27. The van der Waals surface area contributed by atoms with Gasteiger partial charge < -0.3 is 0 Å². The van der Waals surface area contributed by atoms with Gasteiger partial charge in [-0.3, -0.25) is 9.59 Å². The van der Waals surface area contributed by atoms with E-state index in [-0.39, 0.29) is 11.8 Å². The van der Waals surface area contributed by atoms with Gasteiger partial charge in [0.15, 0.2) is 0 Å². The van der Waals surface area contributed by atoms with Crippen LogP contribution in [0.2, 0.25) is 5.02 Å². The minimum absolute atomic E-state index is 0.256. The van der Waals surface area contributed by atoms with E-state index >= 15 is 0 Å². The van der Waals surface area contributed by atoms with Crippen LogP contribution < -0.4 is 4.90 Å². The van der Waals surface area contributed by atoms with Crippen molar-refractivity contribution >= 4 is 39.9 Å². The Balaban J connectivity index is 2.33. The molecule has 0 saturated heterocycles. The van der Waals surface area contributed by atoms with Crippen LogP contribution in [-0.2, 0) is 9.59 Å². The minimum atomic E-state index is -0.256. The number of halogens is 1. The highest BCUT2D eigenvalue weighted by atomic mass is 35.5. The van der Waals surface area contributed by atoms with Gasteiger partial charge in [-0.2, -0.15) is 0 Å². The number of imide groups is 1. The molecule has 2 amide bonds. The number of anilines is 1. The zero-order chi connectivity index (χ0) is 15.3. The van der Waals surface area contributed by atoms with Gasteiger partial charge in [-0.15, -0.1) is 0 Å². The molecule has 0 atom stereocenters. The summed E-state index contributed by atoms with van der Waals surface area (Å²) in [6.45, 7) is 5.23. The average molecular weight is 300 g/mol. The van der Waals surface area contributed by atoms with Crippen LogP contribution in [0.3, 0.4) is 0 Å². The lowest BCUT2D eigenvalue weighted by molar-refractivity contribution is -0.120. The summed E-state index contributed by atoms with van der Waals surface area (Å²) in [5.41, 5.74) is 2.43. The molecule has 0 aliphatic carbocycles. The molecule has 106 valence electrons. The Morgan fingerprint density at radius 3 is 2.00 bits per heavy atom. The zero-order valence-electron chi connectivity index (χ0n) is 12.0. The van der Waals surface area contributed by atoms with Gasteiger partial charge in [0.05, 0.1) is 5.69 Å². The first-order chi connectivity index (χ1) is 9.93. The number of carbonyl (C=O) groups is 2. The molecular weight excluding hydrogens is 286 g/mol. The number of fused-ring (bicyclic) bond motifs is 1. The third kappa shape index (κ3) is 1.88. The average Bonchev–Trinajstić information content (AvgIpc) is 2.65. The molecule has 2 aromatic carbocycles. The van der Waals surface area contributed by atoms with E-state index in [0.29, 0.717) is 21.9 Å². The lowest BCUT2D eigenvalue weighted by Crippen LogP contribution is -2.32. The first kappa shape index (κ1) is 13.8. The van der Waals surface area contributed by atoms with Crippen molar-refractivity contribution in [2.75, 3.05) is 4.90 Å². The number of aryl methyl sites for hydroxylation is 1. The summed E-state index contributed by atoms with van der Waals surface area (Å²) in [7, 11) is 0. The van der Waals surface area contributed by atoms with E-state index in [1.807, 2.05) is 31.2 Å². The fraction of sp³-hybridized carbons (Fsp3) is 0.176. The third-order valence-corrected chi connectivity index (χ3v) is 4.30.